The fourth-order valence-corrected chi connectivity index (χ4v) is 5.02. The molecular formula is C22H20N6O2. The SMILES string of the molecule is CC12CCC(C(=O)NNC(=O)c3ccccc3)(c3nc(C#N)c(C#N)nc31)C2(C)C. The molecule has 2 atom stereocenters. The van der Waals surface area contributed by atoms with Crippen molar-refractivity contribution in [1.82, 2.24) is 20.8 Å². The first-order valence-electron chi connectivity index (χ1n) is 9.62. The predicted octanol–water partition coefficient (Wildman–Crippen LogP) is 2.01. The maximum Gasteiger partial charge on any atom is 0.269 e. The molecule has 2 amide bonds. The summed E-state index contributed by atoms with van der Waals surface area (Å²) in [4.78, 5) is 34.8. The van der Waals surface area contributed by atoms with Crippen LogP contribution in [0.25, 0.3) is 0 Å². The lowest BCUT2D eigenvalue weighted by Gasteiger charge is -2.39. The zero-order valence-electron chi connectivity index (χ0n) is 16.9. The molecular weight excluding hydrogens is 380 g/mol. The lowest BCUT2D eigenvalue weighted by atomic mass is 9.63. The standard InChI is InChI=1S/C22H20N6O2/c1-20(2)21(3)9-10-22(20,17-16(21)25-14(11-23)15(12-24)26-17)19(30)28-27-18(29)13-7-5-4-6-8-13/h4-8H,9-10H2,1-3H3,(H,27,29)(H,28,30). The van der Waals surface area contributed by atoms with E-state index >= 15 is 0 Å². The Morgan fingerprint density at radius 2 is 1.53 bits per heavy atom. The third-order valence-corrected chi connectivity index (χ3v) is 7.19. The number of benzene rings is 1. The Morgan fingerprint density at radius 1 is 0.933 bits per heavy atom. The number of nitriles is 2. The van der Waals surface area contributed by atoms with E-state index in [-0.39, 0.29) is 11.4 Å². The summed E-state index contributed by atoms with van der Waals surface area (Å²) < 4.78 is 0. The van der Waals surface area contributed by atoms with Gasteiger partial charge in [0.15, 0.2) is 11.4 Å². The fourth-order valence-electron chi connectivity index (χ4n) is 5.02. The van der Waals surface area contributed by atoms with E-state index in [2.05, 4.69) is 20.8 Å². The molecule has 2 aliphatic carbocycles. The van der Waals surface area contributed by atoms with Gasteiger partial charge < -0.3 is 0 Å². The third kappa shape index (κ3) is 2.25. The maximum atomic E-state index is 13.5. The Hall–Kier alpha value is -3.78. The highest BCUT2D eigenvalue weighted by Crippen LogP contribution is 2.70. The smallest absolute Gasteiger partial charge is 0.269 e. The second-order valence-corrected chi connectivity index (χ2v) is 8.48. The zero-order chi connectivity index (χ0) is 21.7. The summed E-state index contributed by atoms with van der Waals surface area (Å²) in [6.45, 7) is 5.96. The van der Waals surface area contributed by atoms with Crippen LogP contribution in [0, 0.1) is 28.1 Å². The van der Waals surface area contributed by atoms with Crippen molar-refractivity contribution < 1.29 is 9.59 Å². The molecule has 2 bridgehead atoms. The monoisotopic (exact) mass is 400 g/mol. The van der Waals surface area contributed by atoms with E-state index in [0.717, 1.165) is 0 Å². The van der Waals surface area contributed by atoms with Crippen LogP contribution < -0.4 is 10.9 Å². The molecule has 8 heteroatoms. The molecule has 2 unspecified atom stereocenters. The van der Waals surface area contributed by atoms with E-state index in [4.69, 9.17) is 0 Å². The first-order valence-corrected chi connectivity index (χ1v) is 9.62. The maximum absolute atomic E-state index is 13.5. The Morgan fingerprint density at radius 3 is 2.13 bits per heavy atom. The van der Waals surface area contributed by atoms with Crippen molar-refractivity contribution in [2.75, 3.05) is 0 Å². The molecule has 150 valence electrons. The molecule has 2 aromatic rings. The van der Waals surface area contributed by atoms with Crippen LogP contribution in [0.1, 0.15) is 66.7 Å². The first-order chi connectivity index (χ1) is 14.2. The van der Waals surface area contributed by atoms with Crippen molar-refractivity contribution >= 4 is 11.8 Å². The van der Waals surface area contributed by atoms with Gasteiger partial charge in [-0.15, -0.1) is 0 Å². The molecule has 2 N–H and O–H groups in total. The van der Waals surface area contributed by atoms with Crippen molar-refractivity contribution in [2.45, 2.75) is 44.4 Å². The number of aromatic nitrogens is 2. The van der Waals surface area contributed by atoms with Crippen molar-refractivity contribution in [3.8, 4) is 12.1 Å². The summed E-state index contributed by atoms with van der Waals surface area (Å²) in [5.41, 5.74) is 4.18. The van der Waals surface area contributed by atoms with Crippen molar-refractivity contribution in [3.05, 3.63) is 58.7 Å². The van der Waals surface area contributed by atoms with Gasteiger partial charge in [-0.1, -0.05) is 39.0 Å². The second kappa shape index (κ2) is 6.36. The van der Waals surface area contributed by atoms with E-state index in [9.17, 15) is 20.1 Å². The summed E-state index contributed by atoms with van der Waals surface area (Å²) in [6, 6.07) is 12.4. The number of hydrazine groups is 1. The molecule has 0 spiro atoms. The highest BCUT2D eigenvalue weighted by atomic mass is 16.2. The first kappa shape index (κ1) is 19.5. The minimum atomic E-state index is -1.08. The van der Waals surface area contributed by atoms with Crippen LogP contribution in [0.15, 0.2) is 30.3 Å². The summed E-state index contributed by atoms with van der Waals surface area (Å²) in [6.07, 6.45) is 1.18. The average Bonchev–Trinajstić information content (AvgIpc) is 3.06. The molecule has 8 nitrogen and oxygen atoms in total. The minimum absolute atomic E-state index is 0.0336. The van der Waals surface area contributed by atoms with E-state index in [1.807, 2.05) is 32.9 Å². The van der Waals surface area contributed by atoms with Crippen LogP contribution in [0.5, 0.6) is 0 Å². The Labute approximate surface area is 173 Å². The average molecular weight is 400 g/mol. The summed E-state index contributed by atoms with van der Waals surface area (Å²) in [5.74, 6) is -0.831. The van der Waals surface area contributed by atoms with Crippen molar-refractivity contribution in [2.24, 2.45) is 5.41 Å². The molecule has 1 heterocycles. The highest BCUT2D eigenvalue weighted by molar-refractivity contribution is 5.97. The summed E-state index contributed by atoms with van der Waals surface area (Å²) in [5, 5.41) is 18.8. The predicted molar refractivity (Wildman–Crippen MR) is 106 cm³/mol. The number of hydrogen-bond acceptors (Lipinski definition) is 6. The molecule has 1 aromatic heterocycles. The van der Waals surface area contributed by atoms with Crippen LogP contribution in [0.2, 0.25) is 0 Å². The number of nitrogens with zero attached hydrogens (tertiary/aromatic N) is 4. The van der Waals surface area contributed by atoms with Crippen LogP contribution in [0.3, 0.4) is 0 Å². The summed E-state index contributed by atoms with van der Waals surface area (Å²) in [7, 11) is 0. The zero-order valence-corrected chi connectivity index (χ0v) is 16.9. The van der Waals surface area contributed by atoms with E-state index in [1.54, 1.807) is 30.3 Å². The quantitative estimate of drug-likeness (QED) is 0.741. The normalized spacial score (nSPS) is 25.0. The highest BCUT2D eigenvalue weighted by Gasteiger charge is 2.73. The minimum Gasteiger partial charge on any atom is -0.272 e. The fraction of sp³-hybridized carbons (Fsp3) is 0.364. The number of amides is 2. The van der Waals surface area contributed by atoms with Gasteiger partial charge in [0.05, 0.1) is 11.4 Å². The van der Waals surface area contributed by atoms with Crippen LogP contribution in [0.4, 0.5) is 0 Å². The van der Waals surface area contributed by atoms with Crippen LogP contribution in [-0.2, 0) is 15.6 Å². The largest absolute Gasteiger partial charge is 0.272 e. The molecule has 2 aliphatic rings. The van der Waals surface area contributed by atoms with Gasteiger partial charge in [-0.05, 0) is 30.4 Å². The van der Waals surface area contributed by atoms with Crippen molar-refractivity contribution in [1.29, 1.82) is 10.5 Å². The van der Waals surface area contributed by atoms with Gasteiger partial charge in [0.2, 0.25) is 0 Å². The molecule has 4 rings (SSSR count). The van der Waals surface area contributed by atoms with Gasteiger partial charge in [-0.25, -0.2) is 9.97 Å². The van der Waals surface area contributed by atoms with Crippen LogP contribution >= 0.6 is 0 Å². The van der Waals surface area contributed by atoms with Gasteiger partial charge in [0.1, 0.15) is 17.6 Å². The van der Waals surface area contributed by atoms with Crippen LogP contribution in [-0.4, -0.2) is 21.8 Å². The van der Waals surface area contributed by atoms with Gasteiger partial charge in [0.25, 0.3) is 11.8 Å². The number of carbonyl (C=O) groups excluding carboxylic acids is 2. The number of hydrogen-bond donors (Lipinski definition) is 2. The van der Waals surface area contributed by atoms with E-state index in [1.165, 1.54) is 0 Å². The van der Waals surface area contributed by atoms with E-state index < -0.39 is 28.1 Å². The van der Waals surface area contributed by atoms with Gasteiger partial charge in [-0.3, -0.25) is 20.4 Å². The van der Waals surface area contributed by atoms with Gasteiger partial charge >= 0.3 is 0 Å². The van der Waals surface area contributed by atoms with Gasteiger partial charge in [-0.2, -0.15) is 10.5 Å². The number of fused-ring (bicyclic) bond motifs is 5. The third-order valence-electron chi connectivity index (χ3n) is 7.19. The molecule has 0 aliphatic heterocycles. The number of nitrogens with one attached hydrogen (secondary N) is 2. The lowest BCUT2D eigenvalue weighted by molar-refractivity contribution is -0.131. The second-order valence-electron chi connectivity index (χ2n) is 8.48. The molecule has 0 saturated heterocycles. The van der Waals surface area contributed by atoms with Crippen molar-refractivity contribution in [3.63, 3.8) is 0 Å². The number of carbonyl (C=O) groups is 2. The summed E-state index contributed by atoms with van der Waals surface area (Å²) >= 11 is 0. The molecule has 1 fully saturated rings. The molecule has 30 heavy (non-hydrogen) atoms. The number of rotatable bonds is 2. The molecule has 1 aromatic carbocycles. The Bertz CT molecular complexity index is 1160. The lowest BCUT2D eigenvalue weighted by Crippen LogP contribution is -2.55. The molecule has 0 radical (unpaired) electrons. The molecule has 1 saturated carbocycles. The van der Waals surface area contributed by atoms with Gasteiger partial charge in [0, 0.05) is 11.0 Å². The Balaban J connectivity index is 1.74. The Kier molecular flexibility index (Phi) is 4.14. The topological polar surface area (TPSA) is 132 Å². The van der Waals surface area contributed by atoms with E-state index in [0.29, 0.717) is 29.8 Å².